The number of hydrogen-bond donors (Lipinski definition) is 4. The maximum atomic E-state index is 14.7. The highest BCUT2D eigenvalue weighted by Crippen LogP contribution is 2.35. The minimum atomic E-state index is -5.04. The van der Waals surface area contributed by atoms with Crippen LogP contribution in [0.15, 0.2) is 42.5 Å². The van der Waals surface area contributed by atoms with Gasteiger partial charge < -0.3 is 60.3 Å². The van der Waals surface area contributed by atoms with Gasteiger partial charge in [0.2, 0.25) is 65.0 Å². The fourth-order valence-corrected chi connectivity index (χ4v) is 11.5. The molecule has 0 aliphatic carbocycles. The molecule has 2 aromatic carbocycles. The summed E-state index contributed by atoms with van der Waals surface area (Å²) in [6, 6.07) is -0.683. The van der Waals surface area contributed by atoms with Gasteiger partial charge in [0, 0.05) is 80.7 Å². The molecular formula is C64H92ClF6N11O12. The number of alkyl halides is 6. The second-order valence-corrected chi connectivity index (χ2v) is 25.7. The molecule has 11 amide bonds. The molecule has 0 saturated carbocycles. The summed E-state index contributed by atoms with van der Waals surface area (Å²) in [6.07, 6.45) is -9.16. The highest BCUT2D eigenvalue weighted by Gasteiger charge is 2.41. The second kappa shape index (κ2) is 35.1. The van der Waals surface area contributed by atoms with Gasteiger partial charge in [-0.05, 0) is 105 Å². The van der Waals surface area contributed by atoms with E-state index in [1.165, 1.54) is 69.1 Å². The summed E-state index contributed by atoms with van der Waals surface area (Å²) in [5.41, 5.74) is -0.637. The molecule has 0 radical (unpaired) electrons. The number of amides is 11. The van der Waals surface area contributed by atoms with E-state index in [9.17, 15) is 79.1 Å². The van der Waals surface area contributed by atoms with Crippen LogP contribution in [0.2, 0.25) is 5.02 Å². The lowest BCUT2D eigenvalue weighted by molar-refractivity contribution is -0.274. The third-order valence-corrected chi connectivity index (χ3v) is 17.2. The zero-order valence-corrected chi connectivity index (χ0v) is 56.6. The fourth-order valence-electron chi connectivity index (χ4n) is 11.2. The van der Waals surface area contributed by atoms with Crippen LogP contribution in [0.25, 0.3) is 0 Å². The first-order chi connectivity index (χ1) is 43.8. The van der Waals surface area contributed by atoms with E-state index in [1.54, 1.807) is 34.6 Å². The van der Waals surface area contributed by atoms with E-state index in [4.69, 9.17) is 11.6 Å². The minimum Gasteiger partial charge on any atom is -0.406 e. The van der Waals surface area contributed by atoms with E-state index in [-0.39, 0.29) is 93.3 Å². The van der Waals surface area contributed by atoms with Crippen LogP contribution in [0, 0.1) is 17.8 Å². The number of rotatable bonds is 11. The Hall–Kier alpha value is -7.72. The smallest absolute Gasteiger partial charge is 0.406 e. The van der Waals surface area contributed by atoms with Gasteiger partial charge in [0.05, 0.1) is 30.2 Å². The van der Waals surface area contributed by atoms with Crippen molar-refractivity contribution >= 4 is 76.6 Å². The lowest BCUT2D eigenvalue weighted by Gasteiger charge is -2.34. The zero-order valence-electron chi connectivity index (χ0n) is 55.8. The molecule has 0 aromatic heterocycles. The van der Waals surface area contributed by atoms with Gasteiger partial charge in [-0.3, -0.25) is 52.7 Å². The number of nitrogens with one attached hydrogen (secondary N) is 4. The van der Waals surface area contributed by atoms with E-state index < -0.39 is 156 Å². The molecule has 0 spiro atoms. The lowest BCUT2D eigenvalue weighted by atomic mass is 9.96. The van der Waals surface area contributed by atoms with Crippen LogP contribution in [0.4, 0.5) is 26.3 Å². The monoisotopic (exact) mass is 1360 g/mol. The van der Waals surface area contributed by atoms with E-state index in [2.05, 4.69) is 26.0 Å². The number of likely N-dealkylation sites (N-methyl/N-ethyl adjacent to an activating group) is 6. The van der Waals surface area contributed by atoms with Crippen molar-refractivity contribution < 1.29 is 83.8 Å². The Morgan fingerprint density at radius 1 is 0.638 bits per heavy atom. The van der Waals surface area contributed by atoms with Gasteiger partial charge >= 0.3 is 12.5 Å². The largest absolute Gasteiger partial charge is 0.573 e. The predicted octanol–water partition coefficient (Wildman–Crippen LogP) is 5.19. The second-order valence-electron chi connectivity index (χ2n) is 25.3. The number of halogens is 7. The molecule has 2 aliphatic rings. The average molecular weight is 1360 g/mol. The Kier molecular flexibility index (Phi) is 29.4. The van der Waals surface area contributed by atoms with Gasteiger partial charge in [0.25, 0.3) is 0 Å². The molecule has 94 heavy (non-hydrogen) atoms. The first-order valence-electron chi connectivity index (χ1n) is 31.5. The standard InChI is InChI=1S/C64H92ClF6N11O12/c1-14-39(6)55-62(93)78(10)35-53(86)76(8)36-54(87)80(12)49(33-42-20-24-43(25-21-42)94-64(69,70)71)61(92)77(9)34-50(83)74-46(27-23-41-22-26-44(45(65)32-41)63(66,67)68)60(91)82-29-17-18-47(82)57(88)72-28-16-15-19-51(84)81(13)56(38(4)5)59(90)73-40(7)31-52(85)79(11)48(30-37(2)3)58(89)75-55/h20-22,24-26,32,37-40,46-49,55-56H,14-19,23,27-31,33-36H2,1-13H3,(H,72,88)(H,73,90)(H,74,83)(H,75,89)/t39-,40+,46-,47-,48-,49-,55-,56-/m0/s1. The number of carbonyl (C=O) groups excluding carboxylic acids is 11. The number of aryl methyl sites for hydroxylation is 1. The number of fused-ring (bicyclic) bond motifs is 1. The van der Waals surface area contributed by atoms with Crippen LogP contribution in [0.1, 0.15) is 123 Å². The van der Waals surface area contributed by atoms with Crippen molar-refractivity contribution in [2.45, 2.75) is 174 Å². The summed E-state index contributed by atoms with van der Waals surface area (Å²) < 4.78 is 84.5. The van der Waals surface area contributed by atoms with Crippen molar-refractivity contribution in [2.24, 2.45) is 17.8 Å². The van der Waals surface area contributed by atoms with Crippen molar-refractivity contribution in [1.82, 2.24) is 55.6 Å². The number of nitrogens with zero attached hydrogens (tertiary/aromatic N) is 7. The lowest BCUT2D eigenvalue weighted by Crippen LogP contribution is -2.58. The molecule has 4 rings (SSSR count). The Morgan fingerprint density at radius 2 is 1.24 bits per heavy atom. The summed E-state index contributed by atoms with van der Waals surface area (Å²) >= 11 is 6.04. The third kappa shape index (κ3) is 23.0. The quantitative estimate of drug-likeness (QED) is 0.212. The van der Waals surface area contributed by atoms with Crippen LogP contribution < -0.4 is 26.0 Å². The van der Waals surface area contributed by atoms with E-state index in [0.717, 1.165) is 49.9 Å². The Labute approximate surface area is 550 Å². The first-order valence-corrected chi connectivity index (χ1v) is 31.8. The van der Waals surface area contributed by atoms with Crippen LogP contribution in [0.5, 0.6) is 5.75 Å². The van der Waals surface area contributed by atoms with Gasteiger partial charge in [-0.1, -0.05) is 77.8 Å². The maximum Gasteiger partial charge on any atom is 0.573 e. The number of ether oxygens (including phenoxy) is 1. The van der Waals surface area contributed by atoms with Crippen molar-refractivity contribution in [2.75, 3.05) is 75.0 Å². The molecule has 4 N–H and O–H groups in total. The normalized spacial score (nSPS) is 23.7. The van der Waals surface area contributed by atoms with Crippen LogP contribution in [-0.4, -0.2) is 223 Å². The van der Waals surface area contributed by atoms with Crippen molar-refractivity contribution in [1.29, 1.82) is 0 Å². The van der Waals surface area contributed by atoms with Crippen molar-refractivity contribution in [3.05, 3.63) is 64.2 Å². The van der Waals surface area contributed by atoms with Gasteiger partial charge in [0.15, 0.2) is 0 Å². The predicted molar refractivity (Wildman–Crippen MR) is 336 cm³/mol. The molecule has 2 aliphatic heterocycles. The molecular weight excluding hydrogens is 1260 g/mol. The van der Waals surface area contributed by atoms with E-state index in [0.29, 0.717) is 19.3 Å². The molecule has 524 valence electrons. The van der Waals surface area contributed by atoms with Gasteiger partial charge in [-0.25, -0.2) is 0 Å². The van der Waals surface area contributed by atoms with Gasteiger partial charge in [0.1, 0.15) is 42.0 Å². The third-order valence-electron chi connectivity index (χ3n) is 16.9. The summed E-state index contributed by atoms with van der Waals surface area (Å²) in [4.78, 5) is 163. The molecule has 8 atom stereocenters. The molecule has 23 nitrogen and oxygen atoms in total. The van der Waals surface area contributed by atoms with E-state index in [1.807, 2.05) is 13.8 Å². The Balaban J connectivity index is 1.74. The van der Waals surface area contributed by atoms with Crippen LogP contribution in [0.3, 0.4) is 0 Å². The molecule has 0 bridgehead atoms. The summed E-state index contributed by atoms with van der Waals surface area (Å²) in [5.74, 6) is -9.13. The van der Waals surface area contributed by atoms with Gasteiger partial charge in [-0.2, -0.15) is 13.2 Å². The molecule has 2 aromatic rings. The number of benzene rings is 2. The average Bonchev–Trinajstić information content (AvgIpc) is 1.94. The van der Waals surface area contributed by atoms with Crippen molar-refractivity contribution in [3.63, 3.8) is 0 Å². The minimum absolute atomic E-state index is 0.0238. The summed E-state index contributed by atoms with van der Waals surface area (Å²) in [6.45, 7) is 10.3. The highest BCUT2D eigenvalue weighted by molar-refractivity contribution is 6.31. The van der Waals surface area contributed by atoms with Crippen LogP contribution in [-0.2, 0) is 71.8 Å². The SMILES string of the molecule is CC[C@H](C)[C@@H]1NC(=O)[C@H](CC(C)C)N(C)C(=O)C[C@@H](C)NC(=O)[C@H](C(C)C)N(C)C(=O)CCCCNC(=O)[C@@H]2CCCN2C(=O)[C@H](CCc2ccc(C(F)(F)F)c(Cl)c2)NC(=O)CN(C)C(=O)[C@H](Cc2ccc(OC(F)(F)F)cc2)N(C)C(=O)CN(C)C(=O)CN(C)C1=O. The molecule has 2 saturated heterocycles. The maximum absolute atomic E-state index is 14.7. The Morgan fingerprint density at radius 3 is 1.83 bits per heavy atom. The highest BCUT2D eigenvalue weighted by atomic mass is 35.5. The van der Waals surface area contributed by atoms with Gasteiger partial charge in [-0.15, -0.1) is 13.2 Å². The van der Waals surface area contributed by atoms with Crippen molar-refractivity contribution in [3.8, 4) is 5.75 Å². The number of carbonyl (C=O) groups is 11. The topological polar surface area (TPSA) is 268 Å². The molecule has 2 fully saturated rings. The summed E-state index contributed by atoms with van der Waals surface area (Å²) in [7, 11) is 7.91. The summed E-state index contributed by atoms with van der Waals surface area (Å²) in [5, 5.41) is 10.5. The fraction of sp³-hybridized carbons (Fsp3) is 0.641. The number of hydrogen-bond acceptors (Lipinski definition) is 12. The Bertz CT molecular complexity index is 3010. The molecule has 30 heteroatoms. The molecule has 0 unspecified atom stereocenters. The molecule has 2 heterocycles. The van der Waals surface area contributed by atoms with Crippen LogP contribution >= 0.6 is 11.6 Å². The van der Waals surface area contributed by atoms with E-state index >= 15 is 0 Å². The zero-order chi connectivity index (χ0) is 70.9. The first kappa shape index (κ1) is 78.7.